The van der Waals surface area contributed by atoms with E-state index in [1.54, 1.807) is 0 Å². The van der Waals surface area contributed by atoms with Crippen LogP contribution in [0.2, 0.25) is 0 Å². The van der Waals surface area contributed by atoms with Crippen molar-refractivity contribution in [2.45, 2.75) is 25.6 Å². The highest BCUT2D eigenvalue weighted by Gasteiger charge is 2.39. The Balaban J connectivity index is 4.34. The summed E-state index contributed by atoms with van der Waals surface area (Å²) in [5.74, 6) is -10.8. The molecule has 0 amide bonds. The second-order valence-corrected chi connectivity index (χ2v) is 2.58. The monoisotopic (exact) mass is 198 g/mol. The first kappa shape index (κ1) is 11.9. The number of esters is 2. The fraction of sp³-hybridized carbons (Fsp3) is 0.667. The highest BCUT2D eigenvalue weighted by atomic mass is 19.2. The van der Waals surface area contributed by atoms with E-state index in [2.05, 4.69) is 4.74 Å². The molecule has 0 heterocycles. The Morgan fingerprint density at radius 2 is 1.31 bits per heavy atom. The second kappa shape index (κ2) is 3.35. The fourth-order valence-electron chi connectivity index (χ4n) is 0.270. The van der Waals surface area contributed by atoms with Crippen molar-refractivity contribution < 1.29 is 33.3 Å². The van der Waals surface area contributed by atoms with Crippen molar-refractivity contribution in [1.29, 1.82) is 0 Å². The number of halogens is 2. The van der Waals surface area contributed by atoms with E-state index in [0.29, 0.717) is 13.8 Å². The first-order chi connectivity index (χ1) is 5.55. The first-order valence-electron chi connectivity index (χ1n) is 3.14. The molecule has 0 bridgehead atoms. The van der Waals surface area contributed by atoms with Gasteiger partial charge in [-0.25, -0.2) is 9.59 Å². The van der Waals surface area contributed by atoms with Gasteiger partial charge < -0.3 is 14.9 Å². The van der Waals surface area contributed by atoms with Gasteiger partial charge in [-0.1, -0.05) is 0 Å². The Morgan fingerprint density at radius 3 is 1.46 bits per heavy atom. The Kier molecular flexibility index (Phi) is 3.07. The molecule has 0 aliphatic carbocycles. The van der Waals surface area contributed by atoms with Crippen molar-refractivity contribution in [3.63, 3.8) is 0 Å². The van der Waals surface area contributed by atoms with Crippen molar-refractivity contribution in [2.75, 3.05) is 0 Å². The molecular weight excluding hydrogens is 190 g/mol. The van der Waals surface area contributed by atoms with Gasteiger partial charge in [0.05, 0.1) is 0 Å². The number of hydrogen-bond acceptors (Lipinski definition) is 5. The summed E-state index contributed by atoms with van der Waals surface area (Å²) in [6.07, 6.45) is 0. The van der Waals surface area contributed by atoms with E-state index >= 15 is 0 Å². The molecule has 2 unspecified atom stereocenters. The smallest absolute Gasteiger partial charge is 0.379 e. The van der Waals surface area contributed by atoms with E-state index in [1.807, 2.05) is 0 Å². The van der Waals surface area contributed by atoms with E-state index in [0.717, 1.165) is 0 Å². The van der Waals surface area contributed by atoms with E-state index < -0.39 is 23.6 Å². The highest BCUT2D eigenvalue weighted by Crippen LogP contribution is 2.12. The zero-order chi connectivity index (χ0) is 10.9. The Bertz CT molecular complexity index is 200. The van der Waals surface area contributed by atoms with Gasteiger partial charge in [0.2, 0.25) is 0 Å². The van der Waals surface area contributed by atoms with Gasteiger partial charge in [0.1, 0.15) is 0 Å². The number of alkyl halides is 2. The van der Waals surface area contributed by atoms with Crippen molar-refractivity contribution in [3.8, 4) is 0 Å². The molecule has 0 fully saturated rings. The molecule has 0 aromatic carbocycles. The summed E-state index contributed by atoms with van der Waals surface area (Å²) in [6.45, 7) is 0.797. The number of hydrogen-bond donors (Lipinski definition) is 2. The summed E-state index contributed by atoms with van der Waals surface area (Å²) < 4.78 is 28.0. The molecular formula is C6H8F2O5. The summed E-state index contributed by atoms with van der Waals surface area (Å²) in [4.78, 5) is 20.8. The molecule has 7 heteroatoms. The first-order valence-corrected chi connectivity index (χ1v) is 3.14. The molecule has 0 aliphatic rings. The molecule has 0 saturated carbocycles. The maximum absolute atomic E-state index is 12.3. The summed E-state index contributed by atoms with van der Waals surface area (Å²) in [7, 11) is 0. The Hall–Kier alpha value is -1.08. The quantitative estimate of drug-likeness (QED) is 0.457. The van der Waals surface area contributed by atoms with Crippen LogP contribution in [0.5, 0.6) is 0 Å². The Morgan fingerprint density at radius 1 is 1.08 bits per heavy atom. The molecule has 0 aromatic rings. The minimum absolute atomic E-state index is 0.398. The SMILES string of the molecule is CC(O)(F)C(=O)OC(=O)C(C)(O)F. The standard InChI is InChI=1S/C6H8F2O5/c1-5(7,11)3(9)13-4(10)6(2,8)12/h11-12H,1-2H3. The van der Waals surface area contributed by atoms with Crippen LogP contribution < -0.4 is 0 Å². The molecule has 0 spiro atoms. The molecule has 5 nitrogen and oxygen atoms in total. The van der Waals surface area contributed by atoms with Crippen molar-refractivity contribution >= 4 is 11.9 Å². The second-order valence-electron chi connectivity index (χ2n) is 2.58. The van der Waals surface area contributed by atoms with Crippen LogP contribution in [-0.2, 0) is 14.3 Å². The number of carbonyl (C=O) groups is 2. The van der Waals surface area contributed by atoms with Gasteiger partial charge >= 0.3 is 23.6 Å². The number of rotatable bonds is 2. The van der Waals surface area contributed by atoms with E-state index in [9.17, 15) is 18.4 Å². The zero-order valence-electron chi connectivity index (χ0n) is 6.88. The lowest BCUT2D eigenvalue weighted by Crippen LogP contribution is -2.39. The molecule has 0 radical (unpaired) electrons. The van der Waals surface area contributed by atoms with E-state index in [-0.39, 0.29) is 0 Å². The van der Waals surface area contributed by atoms with Gasteiger partial charge in [-0.05, 0) is 0 Å². The lowest BCUT2D eigenvalue weighted by Gasteiger charge is -2.14. The lowest BCUT2D eigenvalue weighted by molar-refractivity contribution is -0.203. The van der Waals surface area contributed by atoms with E-state index in [4.69, 9.17) is 10.2 Å². The van der Waals surface area contributed by atoms with Crippen LogP contribution in [0.15, 0.2) is 0 Å². The molecule has 0 aromatic heterocycles. The summed E-state index contributed by atoms with van der Waals surface area (Å²) in [6, 6.07) is 0. The van der Waals surface area contributed by atoms with Crippen LogP contribution >= 0.6 is 0 Å². The third kappa shape index (κ3) is 3.90. The molecule has 76 valence electrons. The molecule has 0 rings (SSSR count). The van der Waals surface area contributed by atoms with Gasteiger partial charge in [-0.3, -0.25) is 0 Å². The number of aliphatic hydroxyl groups is 2. The van der Waals surface area contributed by atoms with Crippen LogP contribution in [0.4, 0.5) is 8.78 Å². The molecule has 0 aliphatic heterocycles. The normalized spacial score (nSPS) is 19.8. The molecule has 13 heavy (non-hydrogen) atoms. The van der Waals surface area contributed by atoms with Crippen molar-refractivity contribution in [2.24, 2.45) is 0 Å². The summed E-state index contributed by atoms with van der Waals surface area (Å²) >= 11 is 0. The average Bonchev–Trinajstić information content (AvgIpc) is 1.82. The van der Waals surface area contributed by atoms with Crippen LogP contribution in [0.25, 0.3) is 0 Å². The third-order valence-electron chi connectivity index (χ3n) is 0.931. The van der Waals surface area contributed by atoms with Crippen LogP contribution in [0.3, 0.4) is 0 Å². The maximum Gasteiger partial charge on any atom is 0.379 e. The predicted molar refractivity (Wildman–Crippen MR) is 34.6 cm³/mol. The van der Waals surface area contributed by atoms with Gasteiger partial charge in [0.25, 0.3) is 0 Å². The lowest BCUT2D eigenvalue weighted by atomic mass is 10.3. The van der Waals surface area contributed by atoms with Gasteiger partial charge in [-0.15, -0.1) is 0 Å². The number of ether oxygens (including phenoxy) is 1. The van der Waals surface area contributed by atoms with Crippen LogP contribution in [0, 0.1) is 0 Å². The van der Waals surface area contributed by atoms with Gasteiger partial charge in [0, 0.05) is 13.8 Å². The average molecular weight is 198 g/mol. The highest BCUT2D eigenvalue weighted by molar-refractivity contribution is 5.91. The maximum atomic E-state index is 12.3. The van der Waals surface area contributed by atoms with Crippen LogP contribution in [0.1, 0.15) is 13.8 Å². The fourth-order valence-corrected chi connectivity index (χ4v) is 0.270. The Labute approximate surface area is 71.9 Å². The minimum Gasteiger partial charge on any atom is -0.385 e. The third-order valence-corrected chi connectivity index (χ3v) is 0.931. The minimum atomic E-state index is -3.40. The zero-order valence-corrected chi connectivity index (χ0v) is 6.88. The largest absolute Gasteiger partial charge is 0.385 e. The summed E-state index contributed by atoms with van der Waals surface area (Å²) in [5, 5.41) is 16.6. The predicted octanol–water partition coefficient (Wildman–Crippen LogP) is -0.588. The van der Waals surface area contributed by atoms with Crippen LogP contribution in [-0.4, -0.2) is 33.9 Å². The van der Waals surface area contributed by atoms with Gasteiger partial charge in [-0.2, -0.15) is 8.78 Å². The molecule has 0 saturated heterocycles. The van der Waals surface area contributed by atoms with Gasteiger partial charge in [0.15, 0.2) is 0 Å². The topological polar surface area (TPSA) is 83.8 Å². The molecule has 2 atom stereocenters. The van der Waals surface area contributed by atoms with Crippen molar-refractivity contribution in [1.82, 2.24) is 0 Å². The van der Waals surface area contributed by atoms with Crippen molar-refractivity contribution in [3.05, 3.63) is 0 Å². The number of carbonyl (C=O) groups excluding carboxylic acids is 2. The summed E-state index contributed by atoms with van der Waals surface area (Å²) in [5.41, 5.74) is 0. The molecule has 2 N–H and O–H groups in total. The van der Waals surface area contributed by atoms with E-state index in [1.165, 1.54) is 0 Å².